The van der Waals surface area contributed by atoms with E-state index in [0.717, 1.165) is 5.56 Å². The third-order valence-corrected chi connectivity index (χ3v) is 2.76. The molecule has 3 N–H and O–H groups in total. The second kappa shape index (κ2) is 6.37. The maximum Gasteiger partial charge on any atom is 0.325 e. The Morgan fingerprint density at radius 1 is 1.41 bits per heavy atom. The molecule has 0 fully saturated rings. The SMILES string of the molecule is CCOC(=O)C(N)C(O)C(C)c1ccccc1. The maximum absolute atomic E-state index is 11.4. The van der Waals surface area contributed by atoms with Gasteiger partial charge in [-0.2, -0.15) is 0 Å². The normalized spacial score (nSPS) is 16.0. The van der Waals surface area contributed by atoms with Crippen LogP contribution in [-0.4, -0.2) is 29.8 Å². The van der Waals surface area contributed by atoms with Crippen LogP contribution in [0.15, 0.2) is 30.3 Å². The summed E-state index contributed by atoms with van der Waals surface area (Å²) in [5, 5.41) is 10.0. The van der Waals surface area contributed by atoms with Crippen molar-refractivity contribution in [1.29, 1.82) is 0 Å². The molecule has 1 aromatic rings. The van der Waals surface area contributed by atoms with Crippen LogP contribution in [0.4, 0.5) is 0 Å². The molecular weight excluding hydrogens is 218 g/mol. The highest BCUT2D eigenvalue weighted by Gasteiger charge is 2.29. The molecular formula is C13H19NO3. The Labute approximate surface area is 101 Å². The average Bonchev–Trinajstić information content (AvgIpc) is 2.37. The number of hydrogen-bond donors (Lipinski definition) is 2. The molecule has 4 heteroatoms. The lowest BCUT2D eigenvalue weighted by molar-refractivity contribution is -0.147. The van der Waals surface area contributed by atoms with Crippen LogP contribution >= 0.6 is 0 Å². The summed E-state index contributed by atoms with van der Waals surface area (Å²) in [5.41, 5.74) is 6.60. The zero-order valence-electron chi connectivity index (χ0n) is 10.2. The fourth-order valence-corrected chi connectivity index (χ4v) is 1.64. The van der Waals surface area contributed by atoms with Crippen molar-refractivity contribution in [2.75, 3.05) is 6.61 Å². The molecule has 0 heterocycles. The molecule has 0 saturated heterocycles. The van der Waals surface area contributed by atoms with E-state index in [4.69, 9.17) is 10.5 Å². The molecule has 0 aromatic heterocycles. The van der Waals surface area contributed by atoms with Gasteiger partial charge in [-0.3, -0.25) is 4.79 Å². The zero-order valence-corrected chi connectivity index (χ0v) is 10.2. The van der Waals surface area contributed by atoms with E-state index < -0.39 is 18.1 Å². The van der Waals surface area contributed by atoms with Gasteiger partial charge in [0.05, 0.1) is 12.7 Å². The van der Waals surface area contributed by atoms with Gasteiger partial charge in [0.25, 0.3) is 0 Å². The number of aliphatic hydroxyl groups is 1. The number of rotatable bonds is 5. The molecule has 1 aromatic carbocycles. The molecule has 1 rings (SSSR count). The number of carbonyl (C=O) groups excluding carboxylic acids is 1. The van der Waals surface area contributed by atoms with Gasteiger partial charge in [-0.15, -0.1) is 0 Å². The fraction of sp³-hybridized carbons (Fsp3) is 0.462. The molecule has 94 valence electrons. The van der Waals surface area contributed by atoms with E-state index in [2.05, 4.69) is 0 Å². The monoisotopic (exact) mass is 237 g/mol. The molecule has 3 atom stereocenters. The number of hydrogen-bond acceptors (Lipinski definition) is 4. The number of aliphatic hydroxyl groups excluding tert-OH is 1. The Morgan fingerprint density at radius 2 is 2.00 bits per heavy atom. The smallest absolute Gasteiger partial charge is 0.325 e. The third kappa shape index (κ3) is 3.54. The zero-order chi connectivity index (χ0) is 12.8. The largest absolute Gasteiger partial charge is 0.465 e. The second-order valence-electron chi connectivity index (χ2n) is 3.97. The van der Waals surface area contributed by atoms with Gasteiger partial charge < -0.3 is 15.6 Å². The molecule has 0 radical (unpaired) electrons. The first-order valence-corrected chi connectivity index (χ1v) is 5.73. The topological polar surface area (TPSA) is 72.5 Å². The quantitative estimate of drug-likeness (QED) is 0.751. The number of nitrogens with two attached hydrogens (primary N) is 1. The number of ether oxygens (including phenoxy) is 1. The Balaban J connectivity index is 2.69. The maximum atomic E-state index is 11.4. The van der Waals surface area contributed by atoms with E-state index in [1.807, 2.05) is 37.3 Å². The van der Waals surface area contributed by atoms with Crippen molar-refractivity contribution in [2.24, 2.45) is 5.73 Å². The van der Waals surface area contributed by atoms with E-state index in [-0.39, 0.29) is 12.5 Å². The third-order valence-electron chi connectivity index (χ3n) is 2.76. The first kappa shape index (κ1) is 13.7. The van der Waals surface area contributed by atoms with Gasteiger partial charge in [-0.1, -0.05) is 37.3 Å². The molecule has 0 bridgehead atoms. The highest BCUT2D eigenvalue weighted by atomic mass is 16.5. The lowest BCUT2D eigenvalue weighted by Crippen LogP contribution is -2.45. The molecule has 0 amide bonds. The average molecular weight is 237 g/mol. The fourth-order valence-electron chi connectivity index (χ4n) is 1.64. The summed E-state index contributed by atoms with van der Waals surface area (Å²) in [4.78, 5) is 11.4. The van der Waals surface area contributed by atoms with Gasteiger partial charge in [-0.05, 0) is 12.5 Å². The summed E-state index contributed by atoms with van der Waals surface area (Å²) in [6.45, 7) is 3.80. The predicted molar refractivity (Wildman–Crippen MR) is 65.5 cm³/mol. The molecule has 0 aliphatic carbocycles. The van der Waals surface area contributed by atoms with Crippen molar-refractivity contribution in [1.82, 2.24) is 0 Å². The molecule has 0 saturated carbocycles. The number of esters is 1. The van der Waals surface area contributed by atoms with E-state index in [0.29, 0.717) is 0 Å². The summed E-state index contributed by atoms with van der Waals surface area (Å²) in [6.07, 6.45) is -0.948. The minimum atomic E-state index is -1.01. The number of carbonyl (C=O) groups is 1. The predicted octanol–water partition coefficient (Wildman–Crippen LogP) is 1.04. The summed E-state index contributed by atoms with van der Waals surface area (Å²) in [7, 11) is 0. The Bertz CT molecular complexity index is 353. The van der Waals surface area contributed by atoms with Crippen molar-refractivity contribution in [2.45, 2.75) is 31.9 Å². The van der Waals surface area contributed by atoms with Crippen LogP contribution in [-0.2, 0) is 9.53 Å². The first-order valence-electron chi connectivity index (χ1n) is 5.73. The lowest BCUT2D eigenvalue weighted by Gasteiger charge is -2.23. The van der Waals surface area contributed by atoms with E-state index >= 15 is 0 Å². The Hall–Kier alpha value is -1.39. The van der Waals surface area contributed by atoms with E-state index in [1.165, 1.54) is 0 Å². The van der Waals surface area contributed by atoms with Gasteiger partial charge in [0, 0.05) is 5.92 Å². The van der Waals surface area contributed by atoms with Crippen molar-refractivity contribution >= 4 is 5.97 Å². The van der Waals surface area contributed by atoms with Gasteiger partial charge in [-0.25, -0.2) is 0 Å². The van der Waals surface area contributed by atoms with Crippen molar-refractivity contribution in [3.05, 3.63) is 35.9 Å². The Kier molecular flexibility index (Phi) is 5.12. The molecule has 0 aliphatic rings. The van der Waals surface area contributed by atoms with Gasteiger partial charge in [0.2, 0.25) is 0 Å². The Morgan fingerprint density at radius 3 is 2.53 bits per heavy atom. The highest BCUT2D eigenvalue weighted by molar-refractivity contribution is 5.76. The van der Waals surface area contributed by atoms with Crippen molar-refractivity contribution < 1.29 is 14.6 Å². The molecule has 17 heavy (non-hydrogen) atoms. The van der Waals surface area contributed by atoms with Gasteiger partial charge in [0.15, 0.2) is 0 Å². The summed E-state index contributed by atoms with van der Waals surface area (Å²) < 4.78 is 4.79. The standard InChI is InChI=1S/C13H19NO3/c1-3-17-13(16)11(14)12(15)9(2)10-7-5-4-6-8-10/h4-9,11-12,15H,3,14H2,1-2H3. The lowest BCUT2D eigenvalue weighted by atomic mass is 9.91. The second-order valence-corrected chi connectivity index (χ2v) is 3.97. The summed E-state index contributed by atoms with van der Waals surface area (Å²) in [6, 6.07) is 8.44. The van der Waals surface area contributed by atoms with Gasteiger partial charge >= 0.3 is 5.97 Å². The van der Waals surface area contributed by atoms with Crippen LogP contribution in [0.2, 0.25) is 0 Å². The van der Waals surface area contributed by atoms with E-state index in [9.17, 15) is 9.90 Å². The van der Waals surface area contributed by atoms with Crippen LogP contribution < -0.4 is 5.73 Å². The highest BCUT2D eigenvalue weighted by Crippen LogP contribution is 2.20. The summed E-state index contributed by atoms with van der Waals surface area (Å²) >= 11 is 0. The number of benzene rings is 1. The summed E-state index contributed by atoms with van der Waals surface area (Å²) in [5.74, 6) is -0.779. The first-order chi connectivity index (χ1) is 8.07. The molecule has 3 unspecified atom stereocenters. The minimum Gasteiger partial charge on any atom is -0.465 e. The van der Waals surface area contributed by atoms with Crippen LogP contribution in [0.5, 0.6) is 0 Å². The molecule has 0 spiro atoms. The van der Waals surface area contributed by atoms with E-state index in [1.54, 1.807) is 6.92 Å². The van der Waals surface area contributed by atoms with Crippen molar-refractivity contribution in [3.8, 4) is 0 Å². The van der Waals surface area contributed by atoms with Gasteiger partial charge in [0.1, 0.15) is 6.04 Å². The molecule has 0 aliphatic heterocycles. The minimum absolute atomic E-state index is 0.212. The molecule has 4 nitrogen and oxygen atoms in total. The van der Waals surface area contributed by atoms with Crippen LogP contribution in [0.3, 0.4) is 0 Å². The van der Waals surface area contributed by atoms with Crippen LogP contribution in [0.25, 0.3) is 0 Å². The van der Waals surface area contributed by atoms with Crippen LogP contribution in [0.1, 0.15) is 25.3 Å². The van der Waals surface area contributed by atoms with Crippen LogP contribution in [0, 0.1) is 0 Å². The van der Waals surface area contributed by atoms with Crippen molar-refractivity contribution in [3.63, 3.8) is 0 Å².